The molecule has 4 rings (SSSR count). The summed E-state index contributed by atoms with van der Waals surface area (Å²) >= 11 is 0. The minimum Gasteiger partial charge on any atom is -0.403 e. The number of hydrogen-bond donors (Lipinski definition) is 0. The Balaban J connectivity index is 1.37. The molecule has 304 valence electrons. The van der Waals surface area contributed by atoms with Gasteiger partial charge in [0, 0.05) is 26.5 Å². The molecule has 0 N–H and O–H groups in total. The summed E-state index contributed by atoms with van der Waals surface area (Å²) < 4.78 is 52.5. The molecule has 0 aliphatic heterocycles. The third-order valence-corrected chi connectivity index (χ3v) is 19.7. The minimum atomic E-state index is -3.54. The quantitative estimate of drug-likeness (QED) is 0.0395. The molecule has 1 aliphatic rings. The number of allylic oxidation sites excluding steroid dienone is 1. The van der Waals surface area contributed by atoms with E-state index in [4.69, 9.17) is 18.6 Å². The number of sulfone groups is 1. The first-order chi connectivity index (χ1) is 26.5. The molecule has 0 fully saturated rings. The van der Waals surface area contributed by atoms with Gasteiger partial charge in [0.05, 0.1) is 30.0 Å². The third kappa shape index (κ3) is 12.7. The normalized spacial score (nSPS) is 19.6. The van der Waals surface area contributed by atoms with Gasteiger partial charge in [-0.15, -0.1) is 5.92 Å². The Morgan fingerprint density at radius 3 is 2.05 bits per heavy atom. The number of ether oxygens (including phenoxy) is 3. The first-order valence-electron chi connectivity index (χ1n) is 20.1. The maximum atomic E-state index is 13.6. The van der Waals surface area contributed by atoms with Gasteiger partial charge in [0.1, 0.15) is 13.4 Å². The van der Waals surface area contributed by atoms with E-state index in [1.165, 1.54) is 15.9 Å². The van der Waals surface area contributed by atoms with Gasteiger partial charge < -0.3 is 18.6 Å². The van der Waals surface area contributed by atoms with Crippen LogP contribution in [0.15, 0.2) is 119 Å². The van der Waals surface area contributed by atoms with Crippen LogP contribution in [0.3, 0.4) is 0 Å². The fourth-order valence-electron chi connectivity index (χ4n) is 7.44. The van der Waals surface area contributed by atoms with Gasteiger partial charge in [0.15, 0.2) is 9.84 Å². The molecule has 3 aromatic rings. The van der Waals surface area contributed by atoms with Crippen molar-refractivity contribution in [2.75, 3.05) is 39.0 Å². The van der Waals surface area contributed by atoms with E-state index < -0.39 is 31.6 Å². The highest BCUT2D eigenvalue weighted by atomic mass is 32.2. The summed E-state index contributed by atoms with van der Waals surface area (Å²) in [7, 11) is -7.33. The van der Waals surface area contributed by atoms with Gasteiger partial charge in [-0.1, -0.05) is 157 Å². The van der Waals surface area contributed by atoms with E-state index in [1.54, 1.807) is 24.3 Å². The number of rotatable bonds is 19. The van der Waals surface area contributed by atoms with E-state index in [0.29, 0.717) is 31.0 Å². The van der Waals surface area contributed by atoms with Crippen LogP contribution in [0.25, 0.3) is 0 Å². The maximum Gasteiger partial charge on any atom is 0.261 e. The highest BCUT2D eigenvalue weighted by molar-refractivity contribution is 7.91. The van der Waals surface area contributed by atoms with Crippen molar-refractivity contribution in [3.63, 3.8) is 0 Å². The van der Waals surface area contributed by atoms with E-state index in [2.05, 4.69) is 139 Å². The van der Waals surface area contributed by atoms with Gasteiger partial charge >= 0.3 is 0 Å². The lowest BCUT2D eigenvalue weighted by Crippen LogP contribution is -2.66. The second-order valence-corrected chi connectivity index (χ2v) is 29.7. The number of hydrogen-bond acceptors (Lipinski definition) is 6. The molecule has 0 unspecified atom stereocenters. The van der Waals surface area contributed by atoms with E-state index in [-0.39, 0.29) is 42.8 Å². The van der Waals surface area contributed by atoms with Crippen molar-refractivity contribution < 1.29 is 27.1 Å². The molecule has 0 saturated heterocycles. The third-order valence-electron chi connectivity index (χ3n) is 11.0. The van der Waals surface area contributed by atoms with Crippen molar-refractivity contribution >= 4 is 36.6 Å². The first-order valence-corrected chi connectivity index (χ1v) is 27.4. The zero-order valence-electron chi connectivity index (χ0n) is 35.4. The largest absolute Gasteiger partial charge is 0.403 e. The summed E-state index contributed by atoms with van der Waals surface area (Å²) in [6.45, 7) is 22.2. The highest BCUT2D eigenvalue weighted by Crippen LogP contribution is 2.45. The summed E-state index contributed by atoms with van der Waals surface area (Å²) in [5.41, 5.74) is 1.50. The van der Waals surface area contributed by atoms with Crippen molar-refractivity contribution in [2.24, 2.45) is 11.3 Å². The Kier molecular flexibility index (Phi) is 16.8. The Labute approximate surface area is 341 Å². The van der Waals surface area contributed by atoms with Gasteiger partial charge in [-0.3, -0.25) is 0 Å². The molecule has 0 radical (unpaired) electrons. The summed E-state index contributed by atoms with van der Waals surface area (Å²) in [6, 6.07) is 31.3. The molecular weight excluding hydrogens is 749 g/mol. The van der Waals surface area contributed by atoms with Gasteiger partial charge in [-0.05, 0) is 64.8 Å². The van der Waals surface area contributed by atoms with Crippen LogP contribution in [0, 0.1) is 23.2 Å². The van der Waals surface area contributed by atoms with Crippen LogP contribution in [0.5, 0.6) is 0 Å². The molecule has 3 atom stereocenters. The molecule has 0 amide bonds. The van der Waals surface area contributed by atoms with Crippen molar-refractivity contribution in [3.05, 3.63) is 114 Å². The van der Waals surface area contributed by atoms with Gasteiger partial charge in [-0.2, -0.15) is 0 Å². The van der Waals surface area contributed by atoms with E-state index in [0.717, 1.165) is 18.0 Å². The molecule has 56 heavy (non-hydrogen) atoms. The monoisotopic (exact) mass is 814 g/mol. The second-order valence-electron chi connectivity index (χ2n) is 17.7. The fraction of sp³-hybridized carbons (Fsp3) is 0.489. The van der Waals surface area contributed by atoms with E-state index in [1.807, 2.05) is 13.0 Å². The van der Waals surface area contributed by atoms with Crippen LogP contribution in [-0.4, -0.2) is 69.9 Å². The second kappa shape index (κ2) is 20.6. The van der Waals surface area contributed by atoms with Crippen LogP contribution < -0.4 is 10.4 Å². The number of benzene rings is 3. The van der Waals surface area contributed by atoms with Crippen LogP contribution in [0.1, 0.15) is 60.8 Å². The zero-order chi connectivity index (χ0) is 40.9. The van der Waals surface area contributed by atoms with Gasteiger partial charge in [-0.25, -0.2) is 8.42 Å². The fourth-order valence-corrected chi connectivity index (χ4v) is 14.8. The smallest absolute Gasteiger partial charge is 0.261 e. The van der Waals surface area contributed by atoms with Crippen LogP contribution in [-0.2, 0) is 28.5 Å². The molecule has 9 heteroatoms. The van der Waals surface area contributed by atoms with Crippen molar-refractivity contribution in [1.82, 2.24) is 0 Å². The maximum absolute atomic E-state index is 13.6. The zero-order valence-corrected chi connectivity index (χ0v) is 38.2. The van der Waals surface area contributed by atoms with Crippen molar-refractivity contribution in [2.45, 2.75) is 103 Å². The summed E-state index contributed by atoms with van der Waals surface area (Å²) in [5.74, 6) is 6.49. The predicted molar refractivity (Wildman–Crippen MR) is 237 cm³/mol. The van der Waals surface area contributed by atoms with Crippen LogP contribution in [0.4, 0.5) is 0 Å². The Morgan fingerprint density at radius 2 is 1.48 bits per heavy atom. The molecule has 0 aromatic heterocycles. The Morgan fingerprint density at radius 1 is 0.893 bits per heavy atom. The number of unbranched alkanes of at least 4 members (excludes halogenated alkanes) is 1. The molecule has 0 bridgehead atoms. The molecule has 1 aliphatic carbocycles. The summed E-state index contributed by atoms with van der Waals surface area (Å²) in [5, 5.41) is 2.48. The Hall–Kier alpha value is -3.08. The average Bonchev–Trinajstić information content (AvgIpc) is 3.15. The first kappa shape index (κ1) is 45.6. The molecule has 0 heterocycles. The van der Waals surface area contributed by atoms with E-state index in [9.17, 15) is 8.42 Å². The van der Waals surface area contributed by atoms with Gasteiger partial charge in [0.25, 0.3) is 8.32 Å². The standard InChI is InChI=1S/C47H66O6SSi2/c1-39(35-53-56(46(3,4)5,44-26-18-13-19-27-44)45-28-20-14-21-29-45)23-15-10-11-22-30-50-36-41-34-42(52-38-51-31-32-55(7,8)9)33-40(2)47(41,6)37-54(48,49)43-24-16-12-17-25-43/h12-14,16-21,23-29,34,40,42H,10,15,30-33,35-38H2,1-9H3/b39-23+/t40-,42+,47+/m1/s1. The lowest BCUT2D eigenvalue weighted by atomic mass is 9.68. The lowest BCUT2D eigenvalue weighted by molar-refractivity contribution is -0.0835. The molecule has 3 aromatic carbocycles. The topological polar surface area (TPSA) is 71.1 Å². The minimum absolute atomic E-state index is 0.00303. The SMILES string of the molecule is C/C(=C\CCC#CCOCC1=C[C@@H](OCOCC[Si](C)(C)C)C[C@@H](C)[C@]1(C)CS(=O)(=O)c1ccccc1)CO[Si](c1ccccc1)(c1ccccc1)C(C)(C)C. The molecular formula is C47H66O6SSi2. The van der Waals surface area contributed by atoms with Crippen molar-refractivity contribution in [3.8, 4) is 11.8 Å². The summed E-state index contributed by atoms with van der Waals surface area (Å²) in [6.07, 6.45) is 6.36. The molecule has 0 saturated carbocycles. The van der Waals surface area contributed by atoms with Gasteiger partial charge in [0.2, 0.25) is 0 Å². The van der Waals surface area contributed by atoms with E-state index >= 15 is 0 Å². The lowest BCUT2D eigenvalue weighted by Gasteiger charge is -2.43. The molecule has 6 nitrogen and oxygen atoms in total. The predicted octanol–water partition coefficient (Wildman–Crippen LogP) is 9.45. The van der Waals surface area contributed by atoms with Crippen molar-refractivity contribution in [1.29, 1.82) is 0 Å². The van der Waals surface area contributed by atoms with Crippen LogP contribution in [0.2, 0.25) is 30.7 Å². The highest BCUT2D eigenvalue weighted by Gasteiger charge is 2.50. The molecule has 0 spiro atoms. The Bertz CT molecular complexity index is 1850. The summed E-state index contributed by atoms with van der Waals surface area (Å²) in [4.78, 5) is 0.340. The average molecular weight is 815 g/mol. The van der Waals surface area contributed by atoms with Crippen LogP contribution >= 0.6 is 0 Å².